The summed E-state index contributed by atoms with van der Waals surface area (Å²) in [5.41, 5.74) is 0.882. The molecule has 1 aromatic heterocycles. The monoisotopic (exact) mass is 273 g/mol. The van der Waals surface area contributed by atoms with Gasteiger partial charge < -0.3 is 10.6 Å². The second-order valence-corrected chi connectivity index (χ2v) is 4.05. The molecule has 7 heteroatoms. The average molecular weight is 273 g/mol. The third kappa shape index (κ3) is 3.41. The van der Waals surface area contributed by atoms with Gasteiger partial charge in [-0.2, -0.15) is 4.98 Å². The van der Waals surface area contributed by atoms with Crippen LogP contribution in [0, 0.1) is 10.1 Å². The first kappa shape index (κ1) is 13.7. The van der Waals surface area contributed by atoms with E-state index in [4.69, 9.17) is 0 Å². The molecule has 0 atom stereocenters. The smallest absolute Gasteiger partial charge is 0.329 e. The van der Waals surface area contributed by atoms with Crippen molar-refractivity contribution in [3.63, 3.8) is 0 Å². The Morgan fingerprint density at radius 1 is 1.25 bits per heavy atom. The van der Waals surface area contributed by atoms with Crippen molar-refractivity contribution < 1.29 is 4.92 Å². The highest BCUT2D eigenvalue weighted by atomic mass is 16.6. The van der Waals surface area contributed by atoms with Crippen molar-refractivity contribution in [2.75, 3.05) is 17.2 Å². The molecule has 2 aromatic rings. The first-order chi connectivity index (χ1) is 9.70. The summed E-state index contributed by atoms with van der Waals surface area (Å²) in [6.45, 7) is 3.02. The Balaban J connectivity index is 2.19. The summed E-state index contributed by atoms with van der Waals surface area (Å²) in [6, 6.07) is 9.61. The normalized spacial score (nSPS) is 10.1. The summed E-state index contributed by atoms with van der Waals surface area (Å²) in [5.74, 6) is 0.582. The van der Waals surface area contributed by atoms with E-state index in [1.807, 2.05) is 37.3 Å². The predicted molar refractivity (Wildman–Crippen MR) is 76.6 cm³/mol. The van der Waals surface area contributed by atoms with Crippen molar-refractivity contribution in [1.82, 2.24) is 9.97 Å². The lowest BCUT2D eigenvalue weighted by molar-refractivity contribution is -0.384. The molecule has 1 heterocycles. The number of hydrogen-bond donors (Lipinski definition) is 2. The second kappa shape index (κ2) is 6.46. The number of benzene rings is 1. The van der Waals surface area contributed by atoms with Gasteiger partial charge in [0.15, 0.2) is 0 Å². The molecule has 0 unspecified atom stereocenters. The minimum atomic E-state index is -0.497. The fraction of sp³-hybridized carbons (Fsp3) is 0.231. The molecule has 0 radical (unpaired) electrons. The van der Waals surface area contributed by atoms with Gasteiger partial charge in [0, 0.05) is 13.1 Å². The van der Waals surface area contributed by atoms with Gasteiger partial charge in [0.25, 0.3) is 0 Å². The fourth-order valence-electron chi connectivity index (χ4n) is 1.66. The molecule has 0 aliphatic rings. The summed E-state index contributed by atoms with van der Waals surface area (Å²) in [4.78, 5) is 18.5. The standard InChI is InChI=1S/C13H15N5O2/c1-2-14-13-16-9-11(18(19)20)12(17-13)15-8-10-6-4-3-5-7-10/h3-7,9H,2,8H2,1H3,(H2,14,15,16,17). The molecular weight excluding hydrogens is 258 g/mol. The molecule has 2 rings (SSSR count). The van der Waals surface area contributed by atoms with Gasteiger partial charge in [-0.15, -0.1) is 0 Å². The van der Waals surface area contributed by atoms with E-state index in [1.165, 1.54) is 6.20 Å². The molecule has 7 nitrogen and oxygen atoms in total. The minimum absolute atomic E-state index is 0.136. The van der Waals surface area contributed by atoms with Crippen LogP contribution in [-0.4, -0.2) is 21.4 Å². The van der Waals surface area contributed by atoms with E-state index in [0.29, 0.717) is 19.0 Å². The molecule has 20 heavy (non-hydrogen) atoms. The molecule has 0 saturated carbocycles. The number of aromatic nitrogens is 2. The topological polar surface area (TPSA) is 93.0 Å². The van der Waals surface area contributed by atoms with Crippen LogP contribution in [-0.2, 0) is 6.54 Å². The van der Waals surface area contributed by atoms with Gasteiger partial charge in [-0.25, -0.2) is 4.98 Å². The number of nitro groups is 1. The molecule has 0 spiro atoms. The highest BCUT2D eigenvalue weighted by molar-refractivity contribution is 5.57. The lowest BCUT2D eigenvalue weighted by Gasteiger charge is -2.08. The Morgan fingerprint density at radius 2 is 2.00 bits per heavy atom. The molecule has 0 aliphatic heterocycles. The van der Waals surface area contributed by atoms with E-state index in [2.05, 4.69) is 20.6 Å². The van der Waals surface area contributed by atoms with Crippen LogP contribution in [0.4, 0.5) is 17.5 Å². The number of nitrogens with one attached hydrogen (secondary N) is 2. The predicted octanol–water partition coefficient (Wildman–Crippen LogP) is 2.43. The van der Waals surface area contributed by atoms with Crippen LogP contribution in [0.25, 0.3) is 0 Å². The molecule has 1 aromatic carbocycles. The van der Waals surface area contributed by atoms with E-state index in [0.717, 1.165) is 5.56 Å². The molecule has 0 amide bonds. The van der Waals surface area contributed by atoms with Crippen molar-refractivity contribution in [3.8, 4) is 0 Å². The van der Waals surface area contributed by atoms with Gasteiger partial charge in [-0.05, 0) is 12.5 Å². The fourth-order valence-corrected chi connectivity index (χ4v) is 1.66. The van der Waals surface area contributed by atoms with E-state index in [9.17, 15) is 10.1 Å². The number of rotatable bonds is 6. The lowest BCUT2D eigenvalue weighted by atomic mass is 10.2. The van der Waals surface area contributed by atoms with E-state index in [-0.39, 0.29) is 11.5 Å². The number of anilines is 2. The van der Waals surface area contributed by atoms with Crippen molar-refractivity contribution in [2.24, 2.45) is 0 Å². The SMILES string of the molecule is CCNc1ncc([N+](=O)[O-])c(NCc2ccccc2)n1. The van der Waals surface area contributed by atoms with Gasteiger partial charge >= 0.3 is 5.69 Å². The van der Waals surface area contributed by atoms with Crippen LogP contribution in [0.3, 0.4) is 0 Å². The van der Waals surface area contributed by atoms with Gasteiger partial charge in [0.2, 0.25) is 11.8 Å². The third-order valence-corrected chi connectivity index (χ3v) is 2.60. The summed E-state index contributed by atoms with van der Waals surface area (Å²) < 4.78 is 0. The number of hydrogen-bond acceptors (Lipinski definition) is 6. The second-order valence-electron chi connectivity index (χ2n) is 4.05. The Morgan fingerprint density at radius 3 is 2.65 bits per heavy atom. The van der Waals surface area contributed by atoms with Crippen LogP contribution in [0.15, 0.2) is 36.5 Å². The molecule has 0 saturated heterocycles. The van der Waals surface area contributed by atoms with Crippen LogP contribution in [0.5, 0.6) is 0 Å². The maximum absolute atomic E-state index is 11.0. The summed E-state index contributed by atoms with van der Waals surface area (Å²) in [5, 5.41) is 16.9. The largest absolute Gasteiger partial charge is 0.360 e. The third-order valence-electron chi connectivity index (χ3n) is 2.60. The molecule has 104 valence electrons. The maximum Gasteiger partial charge on any atom is 0.329 e. The van der Waals surface area contributed by atoms with Crippen LogP contribution < -0.4 is 10.6 Å². The average Bonchev–Trinajstić information content (AvgIpc) is 2.46. The van der Waals surface area contributed by atoms with Gasteiger partial charge in [-0.1, -0.05) is 30.3 Å². The Kier molecular flexibility index (Phi) is 4.43. The van der Waals surface area contributed by atoms with Crippen molar-refractivity contribution in [2.45, 2.75) is 13.5 Å². The highest BCUT2D eigenvalue weighted by Crippen LogP contribution is 2.22. The quantitative estimate of drug-likeness (QED) is 0.620. The zero-order chi connectivity index (χ0) is 14.4. The maximum atomic E-state index is 11.0. The zero-order valence-electron chi connectivity index (χ0n) is 11.0. The van der Waals surface area contributed by atoms with Crippen LogP contribution >= 0.6 is 0 Å². The first-order valence-electron chi connectivity index (χ1n) is 6.23. The van der Waals surface area contributed by atoms with Gasteiger partial charge in [-0.3, -0.25) is 10.1 Å². The molecular formula is C13H15N5O2. The summed E-state index contributed by atoms with van der Waals surface area (Å²) in [6.07, 6.45) is 1.21. The van der Waals surface area contributed by atoms with Gasteiger partial charge in [0.05, 0.1) is 4.92 Å². The lowest BCUT2D eigenvalue weighted by Crippen LogP contribution is -2.09. The van der Waals surface area contributed by atoms with Crippen molar-refractivity contribution in [3.05, 3.63) is 52.2 Å². The highest BCUT2D eigenvalue weighted by Gasteiger charge is 2.16. The summed E-state index contributed by atoms with van der Waals surface area (Å²) in [7, 11) is 0. The van der Waals surface area contributed by atoms with E-state index in [1.54, 1.807) is 0 Å². The van der Waals surface area contributed by atoms with E-state index < -0.39 is 4.92 Å². The number of nitrogens with zero attached hydrogens (tertiary/aromatic N) is 3. The zero-order valence-corrected chi connectivity index (χ0v) is 11.0. The Hall–Kier alpha value is -2.70. The minimum Gasteiger partial charge on any atom is -0.360 e. The molecule has 0 bridgehead atoms. The van der Waals surface area contributed by atoms with Crippen LogP contribution in [0.1, 0.15) is 12.5 Å². The van der Waals surface area contributed by atoms with Crippen molar-refractivity contribution in [1.29, 1.82) is 0 Å². The summed E-state index contributed by atoms with van der Waals surface area (Å²) >= 11 is 0. The Bertz CT molecular complexity index is 589. The first-order valence-corrected chi connectivity index (χ1v) is 6.23. The van der Waals surface area contributed by atoms with Gasteiger partial charge in [0.1, 0.15) is 6.20 Å². The molecule has 0 fully saturated rings. The molecule has 0 aliphatic carbocycles. The Labute approximate surface area is 116 Å². The van der Waals surface area contributed by atoms with Crippen molar-refractivity contribution >= 4 is 17.5 Å². The van der Waals surface area contributed by atoms with Crippen LogP contribution in [0.2, 0.25) is 0 Å². The van der Waals surface area contributed by atoms with E-state index >= 15 is 0 Å². The molecule has 2 N–H and O–H groups in total.